The smallest absolute Gasteiger partial charge is 0.310 e. The molecule has 0 aliphatic heterocycles. The van der Waals surface area contributed by atoms with Crippen molar-refractivity contribution >= 4 is 37.8 Å². The number of ether oxygens (including phenoxy) is 1. The summed E-state index contributed by atoms with van der Waals surface area (Å²) < 4.78 is 5.55. The molecule has 0 bridgehead atoms. The molecule has 1 rings (SSSR count). The summed E-state index contributed by atoms with van der Waals surface area (Å²) in [6, 6.07) is 5.92. The molecule has 4 heteroatoms. The van der Waals surface area contributed by atoms with E-state index >= 15 is 0 Å². The zero-order chi connectivity index (χ0) is 10.6. The van der Waals surface area contributed by atoms with Gasteiger partial charge >= 0.3 is 5.97 Å². The van der Waals surface area contributed by atoms with Gasteiger partial charge in [0.2, 0.25) is 0 Å². The van der Waals surface area contributed by atoms with E-state index < -0.39 is 0 Å². The second-order valence-corrected chi connectivity index (χ2v) is 4.23. The van der Waals surface area contributed by atoms with Crippen LogP contribution in [0.2, 0.25) is 0 Å². The van der Waals surface area contributed by atoms with Crippen LogP contribution < -0.4 is 0 Å². The maximum Gasteiger partial charge on any atom is 0.310 e. The number of benzene rings is 1. The fourth-order valence-corrected chi connectivity index (χ4v) is 1.81. The van der Waals surface area contributed by atoms with Crippen molar-refractivity contribution in [2.24, 2.45) is 0 Å². The number of hydrogen-bond donors (Lipinski definition) is 0. The highest BCUT2D eigenvalue weighted by Gasteiger charge is 2.07. The first kappa shape index (κ1) is 11.7. The first-order valence-electron chi connectivity index (χ1n) is 4.07. The molecule has 0 heterocycles. The zero-order valence-electron chi connectivity index (χ0n) is 7.72. The Balaban J connectivity index is 2.89. The minimum absolute atomic E-state index is 0.225. The van der Waals surface area contributed by atoms with Gasteiger partial charge < -0.3 is 4.74 Å². The second kappa shape index (κ2) is 5.51. The van der Waals surface area contributed by atoms with Crippen molar-refractivity contribution in [3.05, 3.63) is 33.8 Å². The number of hydrogen-bond acceptors (Lipinski definition) is 2. The van der Waals surface area contributed by atoms with Crippen LogP contribution in [0, 0.1) is 0 Å². The van der Waals surface area contributed by atoms with E-state index in [4.69, 9.17) is 0 Å². The van der Waals surface area contributed by atoms with Crippen LogP contribution in [-0.4, -0.2) is 13.1 Å². The molecule has 0 saturated carbocycles. The molecule has 0 fully saturated rings. The minimum atomic E-state index is -0.225. The third-order valence-corrected chi connectivity index (χ3v) is 3.25. The van der Waals surface area contributed by atoms with E-state index in [-0.39, 0.29) is 5.97 Å². The molecule has 76 valence electrons. The number of methoxy groups -OCH3 is 1. The summed E-state index contributed by atoms with van der Waals surface area (Å²) in [5, 5.41) is 0.786. The highest BCUT2D eigenvalue weighted by molar-refractivity contribution is 9.10. The van der Waals surface area contributed by atoms with Crippen molar-refractivity contribution in [3.8, 4) is 0 Å². The monoisotopic (exact) mass is 320 g/mol. The van der Waals surface area contributed by atoms with Crippen LogP contribution in [0.25, 0.3) is 0 Å². The van der Waals surface area contributed by atoms with Gasteiger partial charge in [-0.2, -0.15) is 0 Å². The maximum atomic E-state index is 11.1. The van der Waals surface area contributed by atoms with Gasteiger partial charge in [0.05, 0.1) is 13.5 Å². The number of alkyl halides is 1. The van der Waals surface area contributed by atoms with Gasteiger partial charge in [-0.25, -0.2) is 0 Å². The van der Waals surface area contributed by atoms with Crippen molar-refractivity contribution in [1.29, 1.82) is 0 Å². The van der Waals surface area contributed by atoms with Gasteiger partial charge in [-0.1, -0.05) is 44.0 Å². The highest BCUT2D eigenvalue weighted by Crippen LogP contribution is 2.20. The molecule has 0 spiro atoms. The molecule has 14 heavy (non-hydrogen) atoms. The average molecular weight is 322 g/mol. The molecule has 0 radical (unpaired) electrons. The molecule has 1 aromatic rings. The largest absolute Gasteiger partial charge is 0.469 e. The van der Waals surface area contributed by atoms with Crippen molar-refractivity contribution in [2.75, 3.05) is 7.11 Å². The lowest BCUT2D eigenvalue weighted by molar-refractivity contribution is -0.139. The normalized spacial score (nSPS) is 9.93. The average Bonchev–Trinajstić information content (AvgIpc) is 2.21. The molecule has 0 atom stereocenters. The lowest BCUT2D eigenvalue weighted by atomic mass is 10.1. The molecule has 0 aliphatic carbocycles. The first-order chi connectivity index (χ1) is 6.67. The predicted octanol–water partition coefficient (Wildman–Crippen LogP) is 3.06. The van der Waals surface area contributed by atoms with E-state index in [1.165, 1.54) is 7.11 Å². The van der Waals surface area contributed by atoms with Gasteiger partial charge in [0.1, 0.15) is 0 Å². The summed E-state index contributed by atoms with van der Waals surface area (Å²) in [6.45, 7) is 0. The molecule has 0 unspecified atom stereocenters. The van der Waals surface area contributed by atoms with Crippen molar-refractivity contribution in [1.82, 2.24) is 0 Å². The van der Waals surface area contributed by atoms with Crippen LogP contribution in [0.5, 0.6) is 0 Å². The van der Waals surface area contributed by atoms with Gasteiger partial charge in [-0.15, -0.1) is 0 Å². The molecule has 1 aromatic carbocycles. The van der Waals surface area contributed by atoms with Crippen LogP contribution in [0.1, 0.15) is 11.1 Å². The third-order valence-electron chi connectivity index (χ3n) is 1.83. The molecule has 0 aliphatic rings. The van der Waals surface area contributed by atoms with E-state index in [1.807, 2.05) is 18.2 Å². The molecule has 0 aromatic heterocycles. The van der Waals surface area contributed by atoms with E-state index in [0.717, 1.165) is 20.9 Å². The summed E-state index contributed by atoms with van der Waals surface area (Å²) in [4.78, 5) is 11.1. The van der Waals surface area contributed by atoms with Crippen LogP contribution >= 0.6 is 31.9 Å². The van der Waals surface area contributed by atoms with E-state index in [9.17, 15) is 4.79 Å². The van der Waals surface area contributed by atoms with Crippen LogP contribution in [0.4, 0.5) is 0 Å². The Labute approximate surface area is 99.9 Å². The topological polar surface area (TPSA) is 26.3 Å². The second-order valence-electron chi connectivity index (χ2n) is 2.81. The Hall–Kier alpha value is -0.350. The summed E-state index contributed by atoms with van der Waals surface area (Å²) in [7, 11) is 1.39. The number of carbonyl (C=O) groups is 1. The van der Waals surface area contributed by atoms with Crippen LogP contribution in [0.3, 0.4) is 0 Å². The van der Waals surface area contributed by atoms with Crippen molar-refractivity contribution in [2.45, 2.75) is 11.8 Å². The van der Waals surface area contributed by atoms with E-state index in [1.54, 1.807) is 0 Å². The summed E-state index contributed by atoms with van der Waals surface area (Å²) in [6.07, 6.45) is 0.303. The fourth-order valence-electron chi connectivity index (χ4n) is 1.07. The number of carbonyl (C=O) groups excluding carboxylic acids is 1. The lowest BCUT2D eigenvalue weighted by Crippen LogP contribution is -2.05. The van der Waals surface area contributed by atoms with Crippen LogP contribution in [0.15, 0.2) is 22.7 Å². The van der Waals surface area contributed by atoms with Crippen molar-refractivity contribution in [3.63, 3.8) is 0 Å². The van der Waals surface area contributed by atoms with Crippen molar-refractivity contribution < 1.29 is 9.53 Å². The molecule has 0 amide bonds. The zero-order valence-corrected chi connectivity index (χ0v) is 10.9. The summed E-state index contributed by atoms with van der Waals surface area (Å²) >= 11 is 6.76. The number of halogens is 2. The fraction of sp³-hybridized carbons (Fsp3) is 0.300. The Morgan fingerprint density at radius 2 is 2.21 bits per heavy atom. The van der Waals surface area contributed by atoms with E-state index in [0.29, 0.717) is 6.42 Å². The predicted molar refractivity (Wildman–Crippen MR) is 62.5 cm³/mol. The van der Waals surface area contributed by atoms with E-state index in [2.05, 4.69) is 36.6 Å². The van der Waals surface area contributed by atoms with Gasteiger partial charge in [0, 0.05) is 9.80 Å². The van der Waals surface area contributed by atoms with Gasteiger partial charge in [0.25, 0.3) is 0 Å². The summed E-state index contributed by atoms with van der Waals surface area (Å²) in [5.74, 6) is -0.225. The molecule has 0 N–H and O–H groups in total. The number of rotatable bonds is 3. The minimum Gasteiger partial charge on any atom is -0.469 e. The quantitative estimate of drug-likeness (QED) is 0.632. The Morgan fingerprint density at radius 3 is 2.79 bits per heavy atom. The lowest BCUT2D eigenvalue weighted by Gasteiger charge is -2.05. The molecule has 0 saturated heterocycles. The molecular formula is C10H10Br2O2. The number of esters is 1. The van der Waals surface area contributed by atoms with Gasteiger partial charge in [0.15, 0.2) is 0 Å². The van der Waals surface area contributed by atoms with Crippen LogP contribution in [-0.2, 0) is 21.3 Å². The standard InChI is InChI=1S/C10H10Br2O2/c1-14-10(13)5-8-4-7(6-11)2-3-9(8)12/h2-4H,5-6H2,1H3. The molecule has 2 nitrogen and oxygen atoms in total. The van der Waals surface area contributed by atoms with Gasteiger partial charge in [-0.3, -0.25) is 4.79 Å². The summed E-state index contributed by atoms with van der Waals surface area (Å²) in [5.41, 5.74) is 2.10. The maximum absolute atomic E-state index is 11.1. The third kappa shape index (κ3) is 3.10. The Kier molecular flexibility index (Phi) is 4.62. The molecular weight excluding hydrogens is 312 g/mol. The Bertz CT molecular complexity index is 337. The SMILES string of the molecule is COC(=O)Cc1cc(CBr)ccc1Br. The Morgan fingerprint density at radius 1 is 1.50 bits per heavy atom. The van der Waals surface area contributed by atoms with Gasteiger partial charge in [-0.05, 0) is 17.2 Å². The first-order valence-corrected chi connectivity index (χ1v) is 5.99. The highest BCUT2D eigenvalue weighted by atomic mass is 79.9.